The maximum absolute atomic E-state index is 13.5. The molecule has 14 heteroatoms. The van der Waals surface area contributed by atoms with E-state index in [0.717, 1.165) is 38.5 Å². The first-order valence-electron chi connectivity index (χ1n) is 13.7. The number of carbonyl (C=O) groups excluding carboxylic acids is 2. The van der Waals surface area contributed by atoms with Crippen LogP contribution in [0.4, 0.5) is 20.3 Å². The van der Waals surface area contributed by atoms with Gasteiger partial charge in [-0.25, -0.2) is 9.50 Å². The van der Waals surface area contributed by atoms with Crippen molar-refractivity contribution in [3.05, 3.63) is 53.4 Å². The molecule has 0 spiro atoms. The summed E-state index contributed by atoms with van der Waals surface area (Å²) in [5, 5.41) is 14.9. The maximum atomic E-state index is 13.5. The van der Waals surface area contributed by atoms with E-state index in [1.807, 2.05) is 0 Å². The van der Waals surface area contributed by atoms with Crippen molar-refractivity contribution in [1.82, 2.24) is 29.7 Å². The third kappa shape index (κ3) is 6.62. The third-order valence-corrected chi connectivity index (χ3v) is 7.63. The number of nitrogens with zero attached hydrogens (tertiary/aromatic N) is 5. The Bertz CT molecular complexity index is 1580. The highest BCUT2D eigenvalue weighted by Crippen LogP contribution is 2.40. The molecule has 3 aromatic heterocycles. The molecular weight excluding hydrogens is 570 g/mol. The molecule has 4 aromatic rings. The van der Waals surface area contributed by atoms with Crippen molar-refractivity contribution in [2.45, 2.75) is 58.1 Å². The number of anilines is 2. The zero-order chi connectivity index (χ0) is 29.8. The van der Waals surface area contributed by atoms with Crippen LogP contribution in [0.5, 0.6) is 5.75 Å². The van der Waals surface area contributed by atoms with Crippen LogP contribution in [0.15, 0.2) is 42.9 Å². The Labute approximate surface area is 245 Å². The first-order valence-corrected chi connectivity index (χ1v) is 14.1. The quantitative estimate of drug-likeness (QED) is 0.209. The van der Waals surface area contributed by atoms with E-state index in [9.17, 15) is 18.4 Å². The number of amides is 2. The lowest BCUT2D eigenvalue weighted by atomic mass is 9.83. The molecule has 3 heterocycles. The summed E-state index contributed by atoms with van der Waals surface area (Å²) in [6.45, 7) is -0.901. The van der Waals surface area contributed by atoms with E-state index in [-0.39, 0.29) is 56.7 Å². The van der Waals surface area contributed by atoms with Gasteiger partial charge < -0.3 is 21.1 Å². The number of ether oxygens (including phenoxy) is 1. The summed E-state index contributed by atoms with van der Waals surface area (Å²) < 4.78 is 34.5. The normalized spacial score (nSPS) is 17.0. The summed E-state index contributed by atoms with van der Waals surface area (Å²) in [4.78, 5) is 28.8. The summed E-state index contributed by atoms with van der Waals surface area (Å²) in [5.74, 6) is -0.215. The Morgan fingerprint density at radius 3 is 2.74 bits per heavy atom. The van der Waals surface area contributed by atoms with Crippen LogP contribution in [0.3, 0.4) is 0 Å². The second-order valence-electron chi connectivity index (χ2n) is 10.3. The van der Waals surface area contributed by atoms with Crippen LogP contribution in [0.2, 0.25) is 5.02 Å². The van der Waals surface area contributed by atoms with Gasteiger partial charge in [-0.3, -0.25) is 14.3 Å². The highest BCUT2D eigenvalue weighted by Gasteiger charge is 2.27. The monoisotopic (exact) mass is 600 g/mol. The Hall–Kier alpha value is -4.26. The molecule has 1 saturated carbocycles. The summed E-state index contributed by atoms with van der Waals surface area (Å²) in [6, 6.07) is 5.94. The second kappa shape index (κ2) is 12.7. The summed E-state index contributed by atoms with van der Waals surface area (Å²) >= 11 is 6.25. The molecule has 1 aliphatic rings. The fourth-order valence-corrected chi connectivity index (χ4v) is 5.59. The van der Waals surface area contributed by atoms with E-state index in [1.54, 1.807) is 23.1 Å². The number of hydrogen-bond donors (Lipinski definition) is 3. The minimum atomic E-state index is -3.07. The highest BCUT2D eigenvalue weighted by molar-refractivity contribution is 6.31. The maximum Gasteiger partial charge on any atom is 0.387 e. The number of nitrogens with two attached hydrogens (primary N) is 1. The van der Waals surface area contributed by atoms with Crippen LogP contribution in [0, 0.1) is 5.92 Å². The number of hydrogen-bond acceptors (Lipinski definition) is 7. The van der Waals surface area contributed by atoms with E-state index < -0.39 is 12.5 Å². The summed E-state index contributed by atoms with van der Waals surface area (Å²) in [7, 11) is 0. The van der Waals surface area contributed by atoms with Crippen molar-refractivity contribution >= 4 is 40.6 Å². The average Bonchev–Trinajstić information content (AvgIpc) is 3.52. The van der Waals surface area contributed by atoms with Gasteiger partial charge in [-0.05, 0) is 68.7 Å². The largest absolute Gasteiger partial charge is 0.434 e. The number of aromatic nitrogens is 5. The van der Waals surface area contributed by atoms with Gasteiger partial charge in [0.2, 0.25) is 5.91 Å². The topological polar surface area (TPSA) is 141 Å². The first-order chi connectivity index (χ1) is 20.2. The smallest absolute Gasteiger partial charge is 0.387 e. The van der Waals surface area contributed by atoms with Gasteiger partial charge in [0.25, 0.3) is 5.91 Å². The van der Waals surface area contributed by atoms with Crippen molar-refractivity contribution in [3.8, 4) is 17.0 Å². The van der Waals surface area contributed by atoms with Crippen molar-refractivity contribution in [2.75, 3.05) is 17.6 Å². The Morgan fingerprint density at radius 1 is 1.21 bits per heavy atom. The first kappa shape index (κ1) is 29.2. The average molecular weight is 601 g/mol. The van der Waals surface area contributed by atoms with Gasteiger partial charge in [-0.15, -0.1) is 5.10 Å². The molecule has 1 aromatic carbocycles. The number of nitrogen functional groups attached to an aromatic ring is 1. The molecule has 5 rings (SSSR count). The van der Waals surface area contributed by atoms with Gasteiger partial charge in [0, 0.05) is 42.6 Å². The van der Waals surface area contributed by atoms with Gasteiger partial charge in [-0.1, -0.05) is 11.6 Å². The number of halogens is 3. The predicted molar refractivity (Wildman–Crippen MR) is 154 cm³/mol. The highest BCUT2D eigenvalue weighted by atomic mass is 35.5. The molecule has 11 nitrogen and oxygen atoms in total. The number of alkyl halides is 2. The lowest BCUT2D eigenvalue weighted by Gasteiger charge is -2.28. The molecule has 4 N–H and O–H groups in total. The van der Waals surface area contributed by atoms with E-state index in [0.29, 0.717) is 12.5 Å². The fourth-order valence-electron chi connectivity index (χ4n) is 5.41. The molecule has 0 bridgehead atoms. The zero-order valence-corrected chi connectivity index (χ0v) is 23.7. The minimum Gasteiger partial charge on any atom is -0.434 e. The van der Waals surface area contributed by atoms with Gasteiger partial charge in [-0.2, -0.15) is 13.9 Å². The number of nitrogens with one attached hydrogen (secondary N) is 2. The number of benzene rings is 1. The molecular formula is C28H31ClF2N8O3. The molecule has 1 fully saturated rings. The Balaban J connectivity index is 1.43. The van der Waals surface area contributed by atoms with E-state index in [1.165, 1.54) is 35.8 Å². The van der Waals surface area contributed by atoms with Gasteiger partial charge in [0.05, 0.1) is 11.7 Å². The van der Waals surface area contributed by atoms with Crippen LogP contribution in [-0.4, -0.2) is 49.3 Å². The molecule has 222 valence electrons. The molecule has 0 aliphatic heterocycles. The molecule has 0 radical (unpaired) electrons. The van der Waals surface area contributed by atoms with Crippen LogP contribution >= 0.6 is 11.6 Å². The minimum absolute atomic E-state index is 0.0126. The number of rotatable bonds is 10. The Morgan fingerprint density at radius 2 is 2.00 bits per heavy atom. The van der Waals surface area contributed by atoms with Crippen LogP contribution < -0.4 is 21.1 Å². The zero-order valence-electron chi connectivity index (χ0n) is 22.9. The van der Waals surface area contributed by atoms with Crippen LogP contribution in [-0.2, 0) is 4.79 Å². The molecule has 42 heavy (non-hydrogen) atoms. The third-order valence-electron chi connectivity index (χ3n) is 7.40. The van der Waals surface area contributed by atoms with Gasteiger partial charge in [0.15, 0.2) is 11.5 Å². The van der Waals surface area contributed by atoms with Crippen LogP contribution in [0.25, 0.3) is 16.9 Å². The lowest BCUT2D eigenvalue weighted by molar-refractivity contribution is -0.118. The SMILES string of the molecule is CC(=O)NCCCC1CCC(n2cc(NC(=O)c3c(N)nn4cccnc34)c(-c3cc(Cl)ccc3OC(F)F)n2)CC1. The summed E-state index contributed by atoms with van der Waals surface area (Å²) in [6.07, 6.45) is 10.4. The van der Waals surface area contributed by atoms with Crippen molar-refractivity contribution in [3.63, 3.8) is 0 Å². The molecule has 1 aliphatic carbocycles. The van der Waals surface area contributed by atoms with E-state index in [4.69, 9.17) is 27.2 Å². The van der Waals surface area contributed by atoms with Crippen molar-refractivity contribution < 1.29 is 23.1 Å². The second-order valence-corrected chi connectivity index (χ2v) is 10.7. The van der Waals surface area contributed by atoms with Gasteiger partial charge >= 0.3 is 6.61 Å². The predicted octanol–water partition coefficient (Wildman–Crippen LogP) is 5.33. The number of carbonyl (C=O) groups is 2. The molecule has 2 amide bonds. The Kier molecular flexibility index (Phi) is 8.86. The van der Waals surface area contributed by atoms with Gasteiger partial charge in [0.1, 0.15) is 17.0 Å². The van der Waals surface area contributed by atoms with E-state index >= 15 is 0 Å². The van der Waals surface area contributed by atoms with Crippen molar-refractivity contribution in [2.24, 2.45) is 5.92 Å². The number of fused-ring (bicyclic) bond motifs is 1. The molecule has 0 unspecified atom stereocenters. The molecule has 0 saturated heterocycles. The summed E-state index contributed by atoms with van der Waals surface area (Å²) in [5.41, 5.74) is 7.09. The fraction of sp³-hybridized carbons (Fsp3) is 0.393. The lowest BCUT2D eigenvalue weighted by Crippen LogP contribution is -2.23. The standard InChI is InChI=1S/C28H31ClF2N8O3/c1-16(40)33-11-2-4-17-5-8-19(9-6-17)39-15-21(24(36-39)20-14-18(29)7-10-22(20)42-28(30)31)35-27(41)23-25(32)37-38-13-3-12-34-26(23)38/h3,7,10,12-15,17,19,28H,2,4-6,8-9,11H2,1H3,(H2,32,37)(H,33,40)(H,35,41). The molecule has 0 atom stereocenters. The van der Waals surface area contributed by atoms with Crippen molar-refractivity contribution in [1.29, 1.82) is 0 Å². The van der Waals surface area contributed by atoms with Crippen LogP contribution in [0.1, 0.15) is 61.8 Å². The van der Waals surface area contributed by atoms with E-state index in [2.05, 4.69) is 20.7 Å².